The molecule has 4 heteroatoms. The lowest BCUT2D eigenvalue weighted by Crippen LogP contribution is -2.50. The van der Waals surface area contributed by atoms with Gasteiger partial charge in [-0.25, -0.2) is 4.79 Å². The van der Waals surface area contributed by atoms with E-state index in [1.807, 2.05) is 0 Å². The molecule has 0 bridgehead atoms. The standard InChI is InChI=1S/C17H24N2O2/c1-11-4-5-13-9-12(2)15(14(13)8-11)19-16(20)18-10-17(21)6-3-7-17/h4-5,8,12,15,21H,3,6-7,9-10H2,1-2H3,(H2,18,19,20). The quantitative estimate of drug-likeness (QED) is 0.800. The summed E-state index contributed by atoms with van der Waals surface area (Å²) in [6.07, 6.45) is 3.63. The van der Waals surface area contributed by atoms with Crippen molar-refractivity contribution in [3.05, 3.63) is 34.9 Å². The number of amides is 2. The van der Waals surface area contributed by atoms with Crippen molar-refractivity contribution in [1.29, 1.82) is 0 Å². The number of carbonyl (C=O) groups is 1. The van der Waals surface area contributed by atoms with Gasteiger partial charge in [0, 0.05) is 6.54 Å². The minimum Gasteiger partial charge on any atom is -0.388 e. The Balaban J connectivity index is 1.62. The first-order chi connectivity index (χ1) is 9.97. The molecule has 2 aliphatic carbocycles. The van der Waals surface area contributed by atoms with Crippen LogP contribution in [-0.4, -0.2) is 23.3 Å². The van der Waals surface area contributed by atoms with Crippen LogP contribution in [0, 0.1) is 12.8 Å². The molecule has 0 aliphatic heterocycles. The van der Waals surface area contributed by atoms with Crippen LogP contribution >= 0.6 is 0 Å². The van der Waals surface area contributed by atoms with Gasteiger partial charge in [-0.1, -0.05) is 30.7 Å². The topological polar surface area (TPSA) is 61.4 Å². The van der Waals surface area contributed by atoms with Crippen molar-refractivity contribution >= 4 is 6.03 Å². The molecule has 1 saturated carbocycles. The minimum atomic E-state index is -0.673. The number of rotatable bonds is 3. The van der Waals surface area contributed by atoms with Crippen LogP contribution in [0.4, 0.5) is 4.79 Å². The average Bonchev–Trinajstić information content (AvgIpc) is 2.71. The Morgan fingerprint density at radius 1 is 1.43 bits per heavy atom. The van der Waals surface area contributed by atoms with E-state index in [2.05, 4.69) is 42.7 Å². The summed E-state index contributed by atoms with van der Waals surface area (Å²) in [6, 6.07) is 6.35. The Bertz CT molecular complexity index is 552. The highest BCUT2D eigenvalue weighted by Gasteiger charge is 2.35. The van der Waals surface area contributed by atoms with Crippen LogP contribution in [-0.2, 0) is 6.42 Å². The second-order valence-corrected chi connectivity index (χ2v) is 6.77. The van der Waals surface area contributed by atoms with Crippen LogP contribution in [0.15, 0.2) is 18.2 Å². The monoisotopic (exact) mass is 288 g/mol. The number of aryl methyl sites for hydroxylation is 1. The molecule has 2 atom stereocenters. The van der Waals surface area contributed by atoms with Crippen LogP contribution in [0.25, 0.3) is 0 Å². The number of hydrogen-bond donors (Lipinski definition) is 3. The molecule has 0 radical (unpaired) electrons. The molecule has 0 spiro atoms. The molecule has 2 aliphatic rings. The minimum absolute atomic E-state index is 0.0657. The van der Waals surface area contributed by atoms with E-state index in [1.165, 1.54) is 16.7 Å². The maximum absolute atomic E-state index is 12.1. The number of aliphatic hydroxyl groups is 1. The van der Waals surface area contributed by atoms with Crippen LogP contribution in [0.2, 0.25) is 0 Å². The normalized spacial score (nSPS) is 25.9. The fourth-order valence-corrected chi connectivity index (χ4v) is 3.38. The third kappa shape index (κ3) is 2.91. The third-order valence-electron chi connectivity index (χ3n) is 4.90. The molecular formula is C17H24N2O2. The fourth-order valence-electron chi connectivity index (χ4n) is 3.38. The molecular weight excluding hydrogens is 264 g/mol. The van der Waals surface area contributed by atoms with Crippen molar-refractivity contribution in [1.82, 2.24) is 10.6 Å². The Kier molecular flexibility index (Phi) is 3.66. The largest absolute Gasteiger partial charge is 0.388 e. The van der Waals surface area contributed by atoms with Gasteiger partial charge in [0.2, 0.25) is 0 Å². The molecule has 0 heterocycles. The summed E-state index contributed by atoms with van der Waals surface area (Å²) in [4.78, 5) is 12.1. The maximum atomic E-state index is 12.1. The third-order valence-corrected chi connectivity index (χ3v) is 4.90. The van der Waals surface area contributed by atoms with Crippen LogP contribution in [0.5, 0.6) is 0 Å². The molecule has 2 amide bonds. The second-order valence-electron chi connectivity index (χ2n) is 6.77. The summed E-state index contributed by atoms with van der Waals surface area (Å²) in [5.41, 5.74) is 3.11. The highest BCUT2D eigenvalue weighted by Crippen LogP contribution is 2.36. The summed E-state index contributed by atoms with van der Waals surface area (Å²) < 4.78 is 0. The zero-order chi connectivity index (χ0) is 15.0. The molecule has 2 unspecified atom stereocenters. The van der Waals surface area contributed by atoms with Crippen molar-refractivity contribution in [3.8, 4) is 0 Å². The van der Waals surface area contributed by atoms with Gasteiger partial charge in [-0.2, -0.15) is 0 Å². The first kappa shape index (κ1) is 14.4. The van der Waals surface area contributed by atoms with Gasteiger partial charge in [0.15, 0.2) is 0 Å². The number of hydrogen-bond acceptors (Lipinski definition) is 2. The molecule has 1 aromatic rings. The first-order valence-corrected chi connectivity index (χ1v) is 7.83. The summed E-state index contributed by atoms with van der Waals surface area (Å²) in [5, 5.41) is 15.9. The van der Waals surface area contributed by atoms with Crippen LogP contribution in [0.3, 0.4) is 0 Å². The Morgan fingerprint density at radius 2 is 2.19 bits per heavy atom. The second kappa shape index (κ2) is 5.34. The number of carbonyl (C=O) groups excluding carboxylic acids is 1. The van der Waals surface area contributed by atoms with Crippen LogP contribution < -0.4 is 10.6 Å². The molecule has 0 aromatic heterocycles. The molecule has 3 rings (SSSR count). The summed E-state index contributed by atoms with van der Waals surface area (Å²) >= 11 is 0. The van der Waals surface area contributed by atoms with Gasteiger partial charge in [-0.15, -0.1) is 0 Å². The Hall–Kier alpha value is -1.55. The van der Waals surface area contributed by atoms with E-state index in [-0.39, 0.29) is 12.1 Å². The molecule has 1 aromatic carbocycles. The molecule has 3 N–H and O–H groups in total. The fraction of sp³-hybridized carbons (Fsp3) is 0.588. The van der Waals surface area contributed by atoms with Crippen molar-refractivity contribution < 1.29 is 9.90 Å². The molecule has 0 saturated heterocycles. The van der Waals surface area contributed by atoms with Crippen molar-refractivity contribution in [2.24, 2.45) is 5.92 Å². The van der Waals surface area contributed by atoms with E-state index in [4.69, 9.17) is 0 Å². The Morgan fingerprint density at radius 3 is 2.86 bits per heavy atom. The van der Waals surface area contributed by atoms with Gasteiger partial charge in [-0.05, 0) is 49.7 Å². The van der Waals surface area contributed by atoms with E-state index in [9.17, 15) is 9.90 Å². The van der Waals surface area contributed by atoms with Crippen LogP contribution in [0.1, 0.15) is 48.9 Å². The first-order valence-electron chi connectivity index (χ1n) is 7.83. The van der Waals surface area contributed by atoms with Crippen molar-refractivity contribution in [2.45, 2.75) is 51.2 Å². The van der Waals surface area contributed by atoms with E-state index in [0.717, 1.165) is 25.7 Å². The predicted molar refractivity (Wildman–Crippen MR) is 82.1 cm³/mol. The van der Waals surface area contributed by atoms with Crippen molar-refractivity contribution in [3.63, 3.8) is 0 Å². The van der Waals surface area contributed by atoms with Gasteiger partial charge >= 0.3 is 6.03 Å². The molecule has 4 nitrogen and oxygen atoms in total. The predicted octanol–water partition coefficient (Wildman–Crippen LogP) is 2.44. The lowest BCUT2D eigenvalue weighted by atomic mass is 9.80. The highest BCUT2D eigenvalue weighted by atomic mass is 16.3. The SMILES string of the molecule is Cc1ccc2c(c1)C(NC(=O)NCC1(O)CCC1)C(C)C2. The van der Waals surface area contributed by atoms with Crippen molar-refractivity contribution in [2.75, 3.05) is 6.54 Å². The summed E-state index contributed by atoms with van der Waals surface area (Å²) in [5.74, 6) is 0.402. The maximum Gasteiger partial charge on any atom is 0.315 e. The highest BCUT2D eigenvalue weighted by molar-refractivity contribution is 5.74. The molecule has 1 fully saturated rings. The molecule has 114 valence electrons. The van der Waals surface area contributed by atoms with E-state index >= 15 is 0 Å². The van der Waals surface area contributed by atoms with E-state index in [0.29, 0.717) is 12.5 Å². The Labute approximate surface area is 125 Å². The zero-order valence-electron chi connectivity index (χ0n) is 12.8. The van der Waals surface area contributed by atoms with Gasteiger partial charge in [0.05, 0.1) is 11.6 Å². The average molecular weight is 288 g/mol. The molecule has 21 heavy (non-hydrogen) atoms. The number of nitrogens with one attached hydrogen (secondary N) is 2. The number of fused-ring (bicyclic) bond motifs is 1. The van der Waals surface area contributed by atoms with Gasteiger partial charge in [0.1, 0.15) is 0 Å². The zero-order valence-corrected chi connectivity index (χ0v) is 12.8. The van der Waals surface area contributed by atoms with Gasteiger partial charge in [0.25, 0.3) is 0 Å². The number of benzene rings is 1. The van der Waals surface area contributed by atoms with Gasteiger partial charge < -0.3 is 15.7 Å². The lowest BCUT2D eigenvalue weighted by molar-refractivity contribution is -0.0290. The van der Waals surface area contributed by atoms with E-state index in [1.54, 1.807) is 0 Å². The summed E-state index contributed by atoms with van der Waals surface area (Å²) in [7, 11) is 0. The van der Waals surface area contributed by atoms with E-state index < -0.39 is 5.60 Å². The van der Waals surface area contributed by atoms with Gasteiger partial charge in [-0.3, -0.25) is 0 Å². The lowest BCUT2D eigenvalue weighted by Gasteiger charge is -2.36. The summed E-state index contributed by atoms with van der Waals surface area (Å²) in [6.45, 7) is 4.59. The number of urea groups is 1. The smallest absolute Gasteiger partial charge is 0.315 e.